The van der Waals surface area contributed by atoms with Crippen molar-refractivity contribution in [3.63, 3.8) is 0 Å². The topological polar surface area (TPSA) is 75.7 Å². The lowest BCUT2D eigenvalue weighted by atomic mass is 10.1. The predicted molar refractivity (Wildman–Crippen MR) is 108 cm³/mol. The van der Waals surface area contributed by atoms with Crippen LogP contribution < -0.4 is 5.32 Å². The Morgan fingerprint density at radius 2 is 1.75 bits per heavy atom. The lowest BCUT2D eigenvalue weighted by molar-refractivity contribution is 0.0730. The zero-order valence-electron chi connectivity index (χ0n) is 15.2. The average Bonchev–Trinajstić information content (AvgIpc) is 2.69. The second-order valence-corrected chi connectivity index (χ2v) is 9.11. The second-order valence-electron chi connectivity index (χ2n) is 6.38. The summed E-state index contributed by atoms with van der Waals surface area (Å²) in [5.74, 6) is -0.476. The predicted octanol–water partition coefficient (Wildman–Crippen LogP) is 3.51. The molecule has 9 heteroatoms. The fraction of sp³-hybridized carbons (Fsp3) is 0.316. The van der Waals surface area contributed by atoms with Gasteiger partial charge < -0.3 is 10.1 Å². The Kier molecular flexibility index (Phi) is 6.62. The molecule has 1 amide bonds. The highest BCUT2D eigenvalue weighted by Gasteiger charge is 2.30. The number of halogens is 2. The van der Waals surface area contributed by atoms with Crippen LogP contribution in [0.1, 0.15) is 28.9 Å². The maximum absolute atomic E-state index is 12.9. The lowest BCUT2D eigenvalue weighted by Gasteiger charge is -2.26. The summed E-state index contributed by atoms with van der Waals surface area (Å²) < 4.78 is 32.4. The van der Waals surface area contributed by atoms with Gasteiger partial charge in [-0.15, -0.1) is 0 Å². The van der Waals surface area contributed by atoms with Gasteiger partial charge in [-0.2, -0.15) is 4.31 Å². The van der Waals surface area contributed by atoms with Gasteiger partial charge in [-0.1, -0.05) is 53.5 Å². The first-order valence-electron chi connectivity index (χ1n) is 8.73. The Labute approximate surface area is 174 Å². The van der Waals surface area contributed by atoms with Crippen LogP contribution in [-0.4, -0.2) is 44.9 Å². The van der Waals surface area contributed by atoms with Gasteiger partial charge in [0.25, 0.3) is 5.91 Å². The van der Waals surface area contributed by atoms with Crippen molar-refractivity contribution in [3.05, 3.63) is 63.6 Å². The number of carbonyl (C=O) groups is 1. The number of amides is 1. The van der Waals surface area contributed by atoms with E-state index in [0.29, 0.717) is 13.2 Å². The molecule has 0 radical (unpaired) electrons. The van der Waals surface area contributed by atoms with Crippen molar-refractivity contribution in [2.75, 3.05) is 26.3 Å². The molecule has 28 heavy (non-hydrogen) atoms. The number of nitrogens with zero attached hydrogens (tertiary/aromatic N) is 1. The highest BCUT2D eigenvalue weighted by molar-refractivity contribution is 7.89. The molecular formula is C19H20Cl2N2O4S. The summed E-state index contributed by atoms with van der Waals surface area (Å²) >= 11 is 12.3. The van der Waals surface area contributed by atoms with Crippen molar-refractivity contribution >= 4 is 39.1 Å². The van der Waals surface area contributed by atoms with Crippen LogP contribution in [0.4, 0.5) is 0 Å². The molecule has 0 saturated carbocycles. The number of rotatable bonds is 5. The van der Waals surface area contributed by atoms with Crippen LogP contribution in [0.25, 0.3) is 0 Å². The Bertz CT molecular complexity index is 961. The number of sulfonamides is 1. The molecular weight excluding hydrogens is 423 g/mol. The number of nitrogens with one attached hydrogen (secondary N) is 1. The second kappa shape index (κ2) is 8.80. The van der Waals surface area contributed by atoms with Gasteiger partial charge in [0.2, 0.25) is 10.0 Å². The first-order valence-corrected chi connectivity index (χ1v) is 10.9. The standard InChI is InChI=1S/C19H20Cl2N2O4S/c1-13(14-5-3-2-4-6-14)22-19(24)15-11-18(17(21)12-16(15)20)28(25,26)23-7-9-27-10-8-23/h2-6,11-13H,7-10H2,1H3,(H,22,24)/t13-/m1/s1. The van der Waals surface area contributed by atoms with Crippen LogP contribution in [0.2, 0.25) is 10.0 Å². The fourth-order valence-corrected chi connectivity index (χ4v) is 5.17. The first kappa shape index (κ1) is 21.1. The van der Waals surface area contributed by atoms with Crippen molar-refractivity contribution in [2.45, 2.75) is 17.9 Å². The molecule has 150 valence electrons. The fourth-order valence-electron chi connectivity index (χ4n) is 2.93. The molecule has 1 saturated heterocycles. The number of ether oxygens (including phenoxy) is 1. The molecule has 0 aromatic heterocycles. The van der Waals surface area contributed by atoms with Crippen molar-refractivity contribution < 1.29 is 17.9 Å². The third kappa shape index (κ3) is 4.50. The van der Waals surface area contributed by atoms with Gasteiger partial charge in [-0.3, -0.25) is 4.79 Å². The minimum absolute atomic E-state index is 0.0239. The van der Waals surface area contributed by atoms with Crippen LogP contribution in [-0.2, 0) is 14.8 Å². The Hall–Kier alpha value is -1.64. The van der Waals surface area contributed by atoms with E-state index < -0.39 is 15.9 Å². The number of benzene rings is 2. The van der Waals surface area contributed by atoms with Gasteiger partial charge in [-0.05, 0) is 24.6 Å². The van der Waals surface area contributed by atoms with Crippen LogP contribution in [0.5, 0.6) is 0 Å². The monoisotopic (exact) mass is 442 g/mol. The molecule has 0 spiro atoms. The molecule has 0 bridgehead atoms. The lowest BCUT2D eigenvalue weighted by Crippen LogP contribution is -2.40. The number of hydrogen-bond donors (Lipinski definition) is 1. The summed E-state index contributed by atoms with van der Waals surface area (Å²) in [7, 11) is -3.86. The van der Waals surface area contributed by atoms with E-state index in [9.17, 15) is 13.2 Å². The van der Waals surface area contributed by atoms with E-state index in [0.717, 1.165) is 5.56 Å². The van der Waals surface area contributed by atoms with Crippen molar-refractivity contribution in [1.29, 1.82) is 0 Å². The van der Waals surface area contributed by atoms with Gasteiger partial charge >= 0.3 is 0 Å². The minimum atomic E-state index is -3.86. The molecule has 1 heterocycles. The van der Waals surface area contributed by atoms with Gasteiger partial charge in [0, 0.05) is 13.1 Å². The van der Waals surface area contributed by atoms with Crippen molar-refractivity contribution in [1.82, 2.24) is 9.62 Å². The van der Waals surface area contributed by atoms with Crippen LogP contribution in [0, 0.1) is 0 Å². The van der Waals surface area contributed by atoms with Gasteiger partial charge in [-0.25, -0.2) is 8.42 Å². The largest absolute Gasteiger partial charge is 0.379 e. The summed E-state index contributed by atoms with van der Waals surface area (Å²) in [6.07, 6.45) is 0. The SMILES string of the molecule is C[C@@H](NC(=O)c1cc(S(=O)(=O)N2CCOCC2)c(Cl)cc1Cl)c1ccccc1. The van der Waals surface area contributed by atoms with Crippen LogP contribution in [0.15, 0.2) is 47.4 Å². The van der Waals surface area contributed by atoms with Crippen LogP contribution in [0.3, 0.4) is 0 Å². The highest BCUT2D eigenvalue weighted by atomic mass is 35.5. The summed E-state index contributed by atoms with van der Waals surface area (Å²) in [5.41, 5.74) is 0.975. The van der Waals surface area contributed by atoms with E-state index in [2.05, 4.69) is 5.32 Å². The van der Waals surface area contributed by atoms with E-state index >= 15 is 0 Å². The zero-order valence-corrected chi connectivity index (χ0v) is 17.5. The van der Waals surface area contributed by atoms with E-state index in [-0.39, 0.29) is 39.6 Å². The summed E-state index contributed by atoms with van der Waals surface area (Å²) in [6, 6.07) is 11.7. The zero-order chi connectivity index (χ0) is 20.3. The molecule has 1 atom stereocenters. The summed E-state index contributed by atoms with van der Waals surface area (Å²) in [5, 5.41) is 2.90. The molecule has 2 aromatic carbocycles. The van der Waals surface area contributed by atoms with E-state index in [1.54, 1.807) is 0 Å². The highest BCUT2D eigenvalue weighted by Crippen LogP contribution is 2.31. The number of hydrogen-bond acceptors (Lipinski definition) is 4. The number of carbonyl (C=O) groups excluding carboxylic acids is 1. The molecule has 0 unspecified atom stereocenters. The maximum atomic E-state index is 12.9. The average molecular weight is 443 g/mol. The molecule has 0 aliphatic carbocycles. The van der Waals surface area contributed by atoms with Crippen molar-refractivity contribution in [3.8, 4) is 0 Å². The molecule has 1 fully saturated rings. The van der Waals surface area contributed by atoms with Crippen molar-refractivity contribution in [2.24, 2.45) is 0 Å². The molecule has 1 aliphatic heterocycles. The van der Waals surface area contributed by atoms with E-state index in [4.69, 9.17) is 27.9 Å². The minimum Gasteiger partial charge on any atom is -0.379 e. The van der Waals surface area contributed by atoms with Gasteiger partial charge in [0.05, 0.1) is 34.9 Å². The Balaban J connectivity index is 1.89. The van der Waals surface area contributed by atoms with E-state index in [1.807, 2.05) is 37.3 Å². The Morgan fingerprint density at radius 1 is 1.11 bits per heavy atom. The smallest absolute Gasteiger partial charge is 0.253 e. The van der Waals surface area contributed by atoms with E-state index in [1.165, 1.54) is 16.4 Å². The normalized spacial score (nSPS) is 16.5. The van der Waals surface area contributed by atoms with Gasteiger partial charge in [0.15, 0.2) is 0 Å². The maximum Gasteiger partial charge on any atom is 0.253 e. The quantitative estimate of drug-likeness (QED) is 0.768. The van der Waals surface area contributed by atoms with Crippen LogP contribution >= 0.6 is 23.2 Å². The molecule has 3 rings (SSSR count). The summed E-state index contributed by atoms with van der Waals surface area (Å²) in [6.45, 7) is 2.92. The van der Waals surface area contributed by atoms with Gasteiger partial charge in [0.1, 0.15) is 4.90 Å². The molecule has 6 nitrogen and oxygen atoms in total. The first-order chi connectivity index (χ1) is 13.3. The third-order valence-electron chi connectivity index (χ3n) is 4.50. The molecule has 1 aliphatic rings. The summed E-state index contributed by atoms with van der Waals surface area (Å²) in [4.78, 5) is 12.6. The molecule has 1 N–H and O–H groups in total. The third-order valence-corrected chi connectivity index (χ3v) is 7.18. The molecule has 2 aromatic rings. The Morgan fingerprint density at radius 3 is 2.39 bits per heavy atom. The number of morpholine rings is 1.